The van der Waals surface area contributed by atoms with Crippen molar-refractivity contribution in [2.24, 2.45) is 0 Å². The number of anilines is 1. The topological polar surface area (TPSA) is 105 Å². The molecule has 11 heteroatoms. The molecule has 1 aliphatic heterocycles. The summed E-state index contributed by atoms with van der Waals surface area (Å²) in [5.74, 6) is -0.184. The number of methoxy groups -OCH3 is 1. The van der Waals surface area contributed by atoms with E-state index >= 15 is 0 Å². The number of thiophene rings is 1. The number of amides is 1. The monoisotopic (exact) mass is 543 g/mol. The van der Waals surface area contributed by atoms with Crippen LogP contribution >= 0.6 is 11.3 Å². The molecule has 3 aromatic rings. The summed E-state index contributed by atoms with van der Waals surface area (Å²) in [5, 5.41) is 5.13. The minimum atomic E-state index is -3.63. The molecule has 4 rings (SSSR count). The third kappa shape index (κ3) is 6.19. The second-order valence-corrected chi connectivity index (χ2v) is 11.2. The summed E-state index contributed by atoms with van der Waals surface area (Å²) in [6, 6.07) is 15.7. The zero-order valence-corrected chi connectivity index (χ0v) is 22.3. The number of piperazine rings is 1. The molecule has 0 atom stereocenters. The smallest absolute Gasteiger partial charge is 0.341 e. The highest BCUT2D eigenvalue weighted by Gasteiger charge is 2.30. The molecule has 0 unspecified atom stereocenters. The molecule has 1 amide bonds. The number of nitrogens with one attached hydrogen (secondary N) is 1. The normalized spacial score (nSPS) is 14.8. The van der Waals surface area contributed by atoms with Gasteiger partial charge in [0.2, 0.25) is 15.9 Å². The standard InChI is InChI=1S/C26H29N3O6S2/c1-3-35-26(31)24-22(19-7-5-4-6-8-19)18-36-25(24)27-23(30)17-28-13-15-29(16-14-28)37(32,33)21-11-9-20(34-2)10-12-21/h4-12,18H,3,13-17H2,1-2H3,(H,27,30). The van der Waals surface area contributed by atoms with E-state index in [9.17, 15) is 18.0 Å². The zero-order valence-electron chi connectivity index (χ0n) is 20.7. The Bertz CT molecular complexity index is 1330. The summed E-state index contributed by atoms with van der Waals surface area (Å²) in [6.07, 6.45) is 0. The van der Waals surface area contributed by atoms with Crippen molar-refractivity contribution in [3.63, 3.8) is 0 Å². The first-order chi connectivity index (χ1) is 17.8. The maximum Gasteiger partial charge on any atom is 0.341 e. The van der Waals surface area contributed by atoms with Crippen LogP contribution in [0.5, 0.6) is 5.75 Å². The Labute approximate surface area is 220 Å². The van der Waals surface area contributed by atoms with Crippen molar-refractivity contribution in [1.29, 1.82) is 0 Å². The average Bonchev–Trinajstić information content (AvgIpc) is 3.33. The van der Waals surface area contributed by atoms with Crippen molar-refractivity contribution in [3.8, 4) is 16.9 Å². The molecule has 0 radical (unpaired) electrons. The van der Waals surface area contributed by atoms with Gasteiger partial charge in [-0.05, 0) is 36.8 Å². The highest BCUT2D eigenvalue weighted by molar-refractivity contribution is 7.89. The summed E-state index contributed by atoms with van der Waals surface area (Å²) in [7, 11) is -2.11. The molecule has 1 N–H and O–H groups in total. The number of esters is 1. The van der Waals surface area contributed by atoms with Gasteiger partial charge in [-0.25, -0.2) is 13.2 Å². The van der Waals surface area contributed by atoms with E-state index in [1.54, 1.807) is 19.1 Å². The molecule has 2 aromatic carbocycles. The van der Waals surface area contributed by atoms with Crippen molar-refractivity contribution in [3.05, 3.63) is 65.5 Å². The summed E-state index contributed by atoms with van der Waals surface area (Å²) in [5.41, 5.74) is 1.90. The average molecular weight is 544 g/mol. The van der Waals surface area contributed by atoms with Gasteiger partial charge in [0.05, 0.1) is 25.2 Å². The lowest BCUT2D eigenvalue weighted by Crippen LogP contribution is -2.50. The van der Waals surface area contributed by atoms with Crippen LogP contribution in [0.4, 0.5) is 5.00 Å². The molecule has 0 bridgehead atoms. The lowest BCUT2D eigenvalue weighted by molar-refractivity contribution is -0.117. The number of nitrogens with zero attached hydrogens (tertiary/aromatic N) is 2. The van der Waals surface area contributed by atoms with Crippen molar-refractivity contribution < 1.29 is 27.5 Å². The Hall–Kier alpha value is -3.25. The molecule has 1 aliphatic rings. The Morgan fingerprint density at radius 3 is 2.30 bits per heavy atom. The highest BCUT2D eigenvalue weighted by Crippen LogP contribution is 2.36. The van der Waals surface area contributed by atoms with Crippen LogP contribution < -0.4 is 10.1 Å². The number of carbonyl (C=O) groups is 2. The van der Waals surface area contributed by atoms with E-state index in [-0.39, 0.29) is 37.0 Å². The minimum Gasteiger partial charge on any atom is -0.497 e. The molecule has 1 saturated heterocycles. The van der Waals surface area contributed by atoms with Gasteiger partial charge in [-0.15, -0.1) is 11.3 Å². The van der Waals surface area contributed by atoms with Gasteiger partial charge in [0, 0.05) is 37.1 Å². The molecule has 0 saturated carbocycles. The van der Waals surface area contributed by atoms with Gasteiger partial charge in [0.25, 0.3) is 0 Å². The largest absolute Gasteiger partial charge is 0.497 e. The molecule has 1 fully saturated rings. The van der Waals surface area contributed by atoms with E-state index < -0.39 is 16.0 Å². The van der Waals surface area contributed by atoms with Crippen molar-refractivity contribution >= 4 is 38.2 Å². The Balaban J connectivity index is 1.39. The van der Waals surface area contributed by atoms with Crippen LogP contribution in [0.25, 0.3) is 11.1 Å². The number of carbonyl (C=O) groups excluding carboxylic acids is 2. The maximum atomic E-state index is 13.0. The van der Waals surface area contributed by atoms with Crippen LogP contribution in [0.1, 0.15) is 17.3 Å². The first-order valence-electron chi connectivity index (χ1n) is 11.8. The van der Waals surface area contributed by atoms with E-state index in [1.165, 1.54) is 34.9 Å². The number of ether oxygens (including phenoxy) is 2. The summed E-state index contributed by atoms with van der Waals surface area (Å²) >= 11 is 1.27. The maximum absolute atomic E-state index is 13.0. The Kier molecular flexibility index (Phi) is 8.59. The van der Waals surface area contributed by atoms with Gasteiger partial charge >= 0.3 is 5.97 Å². The quantitative estimate of drug-likeness (QED) is 0.412. The summed E-state index contributed by atoms with van der Waals surface area (Å²) in [4.78, 5) is 27.7. The van der Waals surface area contributed by atoms with Gasteiger partial charge in [-0.3, -0.25) is 9.69 Å². The number of hydrogen-bond donors (Lipinski definition) is 1. The second-order valence-electron chi connectivity index (χ2n) is 8.34. The fourth-order valence-corrected chi connectivity index (χ4v) is 6.48. The molecule has 1 aromatic heterocycles. The lowest BCUT2D eigenvalue weighted by atomic mass is 10.0. The van der Waals surface area contributed by atoms with E-state index in [2.05, 4.69) is 5.32 Å². The molecule has 0 aliphatic carbocycles. The molecule has 196 valence electrons. The number of rotatable bonds is 9. The SMILES string of the molecule is CCOC(=O)c1c(-c2ccccc2)csc1NC(=O)CN1CCN(S(=O)(=O)c2ccc(OC)cc2)CC1. The van der Waals surface area contributed by atoms with Crippen molar-refractivity contribution in [2.45, 2.75) is 11.8 Å². The minimum absolute atomic E-state index is 0.0806. The van der Waals surface area contributed by atoms with E-state index in [4.69, 9.17) is 9.47 Å². The van der Waals surface area contributed by atoms with Crippen LogP contribution in [-0.4, -0.2) is 75.9 Å². The van der Waals surface area contributed by atoms with E-state index in [0.717, 1.165) is 5.56 Å². The van der Waals surface area contributed by atoms with Gasteiger partial charge in [0.15, 0.2) is 0 Å². The van der Waals surface area contributed by atoms with Crippen LogP contribution in [0, 0.1) is 0 Å². The fourth-order valence-electron chi connectivity index (χ4n) is 4.08. The second kappa shape index (κ2) is 11.9. The Morgan fingerprint density at radius 2 is 1.68 bits per heavy atom. The van der Waals surface area contributed by atoms with Gasteiger partial charge < -0.3 is 14.8 Å². The number of hydrogen-bond acceptors (Lipinski definition) is 8. The Morgan fingerprint density at radius 1 is 1.00 bits per heavy atom. The first kappa shape index (κ1) is 26.8. The lowest BCUT2D eigenvalue weighted by Gasteiger charge is -2.33. The van der Waals surface area contributed by atoms with Gasteiger partial charge in [-0.1, -0.05) is 30.3 Å². The van der Waals surface area contributed by atoms with Crippen LogP contribution in [0.2, 0.25) is 0 Å². The van der Waals surface area contributed by atoms with Crippen LogP contribution in [0.15, 0.2) is 64.9 Å². The predicted molar refractivity (Wildman–Crippen MR) is 143 cm³/mol. The van der Waals surface area contributed by atoms with Crippen LogP contribution in [0.3, 0.4) is 0 Å². The first-order valence-corrected chi connectivity index (χ1v) is 14.2. The summed E-state index contributed by atoms with van der Waals surface area (Å²) in [6.45, 7) is 3.40. The molecule has 9 nitrogen and oxygen atoms in total. The molecule has 0 spiro atoms. The third-order valence-electron chi connectivity index (χ3n) is 6.00. The van der Waals surface area contributed by atoms with E-state index in [1.807, 2.05) is 40.6 Å². The molecule has 37 heavy (non-hydrogen) atoms. The van der Waals surface area contributed by atoms with Crippen molar-refractivity contribution in [1.82, 2.24) is 9.21 Å². The molecular weight excluding hydrogens is 514 g/mol. The highest BCUT2D eigenvalue weighted by atomic mass is 32.2. The van der Waals surface area contributed by atoms with E-state index in [0.29, 0.717) is 35.0 Å². The van der Waals surface area contributed by atoms with Crippen molar-refractivity contribution in [2.75, 3.05) is 51.8 Å². The fraction of sp³-hybridized carbons (Fsp3) is 0.308. The molecule has 2 heterocycles. The molecular formula is C26H29N3O6S2. The zero-order chi connectivity index (χ0) is 26.4. The van der Waals surface area contributed by atoms with Gasteiger partial charge in [-0.2, -0.15) is 4.31 Å². The number of sulfonamides is 1. The number of benzene rings is 2. The van der Waals surface area contributed by atoms with Gasteiger partial charge in [0.1, 0.15) is 16.3 Å². The van der Waals surface area contributed by atoms with Crippen LogP contribution in [-0.2, 0) is 19.6 Å². The predicted octanol–water partition coefficient (Wildman–Crippen LogP) is 3.55. The summed E-state index contributed by atoms with van der Waals surface area (Å²) < 4.78 is 37.7. The third-order valence-corrected chi connectivity index (χ3v) is 8.81.